The van der Waals surface area contributed by atoms with E-state index in [4.69, 9.17) is 0 Å². The van der Waals surface area contributed by atoms with Crippen molar-refractivity contribution in [2.24, 2.45) is 7.05 Å². The monoisotopic (exact) mass is 426 g/mol. The third-order valence-corrected chi connectivity index (χ3v) is 5.79. The molecular formula is C23H24F2N4O2. The molecule has 0 bridgehead atoms. The molecule has 1 aliphatic rings. The zero-order valence-corrected chi connectivity index (χ0v) is 17.5. The Kier molecular flexibility index (Phi) is 5.58. The Balaban J connectivity index is 1.68. The van der Waals surface area contributed by atoms with E-state index in [1.54, 1.807) is 29.9 Å². The predicted octanol–water partition coefficient (Wildman–Crippen LogP) is 3.64. The number of likely N-dealkylation sites (tertiary alicyclic amines) is 1. The topological polar surface area (TPSA) is 67.2 Å². The van der Waals surface area contributed by atoms with Gasteiger partial charge in [0.25, 0.3) is 11.8 Å². The maximum Gasteiger partial charge on any atom is 0.253 e. The molecule has 3 aromatic rings. The lowest BCUT2D eigenvalue weighted by molar-refractivity contribution is -0.0494. The van der Waals surface area contributed by atoms with Crippen molar-refractivity contribution < 1.29 is 18.4 Å². The van der Waals surface area contributed by atoms with Crippen LogP contribution in [0.2, 0.25) is 0 Å². The van der Waals surface area contributed by atoms with E-state index in [9.17, 15) is 18.4 Å². The second kappa shape index (κ2) is 8.19. The van der Waals surface area contributed by atoms with E-state index in [1.165, 1.54) is 4.90 Å². The number of halogens is 2. The van der Waals surface area contributed by atoms with Crippen molar-refractivity contribution in [1.82, 2.24) is 20.0 Å². The molecule has 0 unspecified atom stereocenters. The Morgan fingerprint density at radius 1 is 1.19 bits per heavy atom. The molecule has 1 aliphatic heterocycles. The molecule has 0 saturated carbocycles. The van der Waals surface area contributed by atoms with Crippen LogP contribution in [0.25, 0.3) is 22.2 Å². The number of rotatable bonds is 5. The molecule has 1 saturated heterocycles. The van der Waals surface area contributed by atoms with Crippen LogP contribution in [0.3, 0.4) is 0 Å². The fourth-order valence-electron chi connectivity index (χ4n) is 4.03. The SMILES string of the molecule is CNCc1cc(-c2nn(C)c3cc(C(=O)N4CCC(F)(F)CC4)ccc23)ccc1C=O. The highest BCUT2D eigenvalue weighted by atomic mass is 19.3. The highest BCUT2D eigenvalue weighted by Crippen LogP contribution is 2.31. The van der Waals surface area contributed by atoms with Gasteiger partial charge in [-0.05, 0) is 36.9 Å². The summed E-state index contributed by atoms with van der Waals surface area (Å²) in [6.45, 7) is 0.663. The van der Waals surface area contributed by atoms with E-state index in [2.05, 4.69) is 10.4 Å². The molecule has 0 spiro atoms. The summed E-state index contributed by atoms with van der Waals surface area (Å²) in [4.78, 5) is 25.6. The average Bonchev–Trinajstić information content (AvgIpc) is 3.09. The van der Waals surface area contributed by atoms with E-state index in [1.807, 2.05) is 25.2 Å². The summed E-state index contributed by atoms with van der Waals surface area (Å²) in [6, 6.07) is 10.9. The smallest absolute Gasteiger partial charge is 0.253 e. The third kappa shape index (κ3) is 4.07. The maximum absolute atomic E-state index is 13.4. The minimum absolute atomic E-state index is 0.0534. The number of nitrogens with one attached hydrogen (secondary N) is 1. The van der Waals surface area contributed by atoms with Crippen molar-refractivity contribution in [2.75, 3.05) is 20.1 Å². The first-order valence-corrected chi connectivity index (χ1v) is 10.2. The lowest BCUT2D eigenvalue weighted by Gasteiger charge is -2.31. The van der Waals surface area contributed by atoms with Gasteiger partial charge in [-0.15, -0.1) is 0 Å². The summed E-state index contributed by atoms with van der Waals surface area (Å²) < 4.78 is 28.5. The van der Waals surface area contributed by atoms with Crippen molar-refractivity contribution in [1.29, 1.82) is 0 Å². The molecule has 162 valence electrons. The standard InChI is InChI=1S/C23H24F2N4O2/c1-26-13-18-11-15(3-4-17(18)14-30)21-19-6-5-16(12-20(19)28(2)27-21)22(31)29-9-7-23(24,25)8-10-29/h3-6,11-12,14,26H,7-10,13H2,1-2H3. The summed E-state index contributed by atoms with van der Waals surface area (Å²) >= 11 is 0. The zero-order chi connectivity index (χ0) is 22.2. The van der Waals surface area contributed by atoms with Gasteiger partial charge in [0.2, 0.25) is 0 Å². The third-order valence-electron chi connectivity index (χ3n) is 5.79. The highest BCUT2D eigenvalue weighted by molar-refractivity contribution is 6.01. The van der Waals surface area contributed by atoms with E-state index < -0.39 is 5.92 Å². The molecule has 4 rings (SSSR count). The van der Waals surface area contributed by atoms with Gasteiger partial charge >= 0.3 is 0 Å². The quantitative estimate of drug-likeness (QED) is 0.633. The van der Waals surface area contributed by atoms with E-state index >= 15 is 0 Å². The molecule has 1 amide bonds. The van der Waals surface area contributed by atoms with Gasteiger partial charge in [-0.25, -0.2) is 8.78 Å². The van der Waals surface area contributed by atoms with E-state index in [-0.39, 0.29) is 31.8 Å². The normalized spacial score (nSPS) is 15.9. The van der Waals surface area contributed by atoms with Crippen molar-refractivity contribution >= 4 is 23.1 Å². The number of carbonyl (C=O) groups excluding carboxylic acids is 2. The number of fused-ring (bicyclic) bond motifs is 1. The fraction of sp³-hybridized carbons (Fsp3) is 0.348. The summed E-state index contributed by atoms with van der Waals surface area (Å²) in [5.74, 6) is -2.93. The molecule has 0 aliphatic carbocycles. The first kappa shape index (κ1) is 21.1. The molecule has 31 heavy (non-hydrogen) atoms. The summed E-state index contributed by atoms with van der Waals surface area (Å²) in [5, 5.41) is 8.57. The van der Waals surface area contributed by atoms with Crippen LogP contribution in [0.5, 0.6) is 0 Å². The number of carbonyl (C=O) groups is 2. The molecule has 1 aromatic heterocycles. The minimum atomic E-state index is -2.69. The number of aryl methyl sites for hydroxylation is 1. The van der Waals surface area contributed by atoms with Gasteiger partial charge in [-0.3, -0.25) is 14.3 Å². The van der Waals surface area contributed by atoms with Crippen LogP contribution in [0.4, 0.5) is 8.78 Å². The first-order valence-electron chi connectivity index (χ1n) is 10.2. The maximum atomic E-state index is 13.4. The van der Waals surface area contributed by atoms with Gasteiger partial charge in [0.05, 0.1) is 5.52 Å². The van der Waals surface area contributed by atoms with Crippen LogP contribution >= 0.6 is 0 Å². The van der Waals surface area contributed by atoms with Crippen molar-refractivity contribution in [3.63, 3.8) is 0 Å². The molecule has 2 aromatic carbocycles. The number of aldehydes is 1. The molecule has 0 radical (unpaired) electrons. The summed E-state index contributed by atoms with van der Waals surface area (Å²) in [6.07, 6.45) is 0.229. The number of aromatic nitrogens is 2. The molecular weight excluding hydrogens is 402 g/mol. The molecule has 0 atom stereocenters. The van der Waals surface area contributed by atoms with Gasteiger partial charge in [0, 0.05) is 61.6 Å². The van der Waals surface area contributed by atoms with Crippen LogP contribution in [0, 0.1) is 0 Å². The van der Waals surface area contributed by atoms with Crippen LogP contribution in [0.15, 0.2) is 36.4 Å². The average molecular weight is 426 g/mol. The van der Waals surface area contributed by atoms with Crippen molar-refractivity contribution in [3.8, 4) is 11.3 Å². The van der Waals surface area contributed by atoms with E-state index in [0.29, 0.717) is 17.7 Å². The lowest BCUT2D eigenvalue weighted by atomic mass is 10.00. The Morgan fingerprint density at radius 2 is 1.94 bits per heavy atom. The second-order valence-electron chi connectivity index (χ2n) is 7.91. The van der Waals surface area contributed by atoms with Crippen molar-refractivity contribution in [2.45, 2.75) is 25.3 Å². The van der Waals surface area contributed by atoms with Crippen LogP contribution in [-0.4, -0.2) is 52.9 Å². The molecule has 6 nitrogen and oxygen atoms in total. The molecule has 8 heteroatoms. The Morgan fingerprint density at radius 3 is 2.61 bits per heavy atom. The lowest BCUT2D eigenvalue weighted by Crippen LogP contribution is -2.42. The van der Waals surface area contributed by atoms with Crippen molar-refractivity contribution in [3.05, 3.63) is 53.1 Å². The molecule has 1 fully saturated rings. The number of alkyl halides is 2. The number of benzene rings is 2. The van der Waals surface area contributed by atoms with Crippen LogP contribution in [0.1, 0.15) is 39.1 Å². The summed E-state index contributed by atoms with van der Waals surface area (Å²) in [7, 11) is 3.62. The fourth-order valence-corrected chi connectivity index (χ4v) is 4.03. The van der Waals surface area contributed by atoms with Gasteiger partial charge in [-0.2, -0.15) is 5.10 Å². The van der Waals surface area contributed by atoms with E-state index in [0.717, 1.165) is 34.0 Å². The largest absolute Gasteiger partial charge is 0.338 e. The Bertz CT molecular complexity index is 1150. The number of nitrogens with zero attached hydrogens (tertiary/aromatic N) is 3. The first-order chi connectivity index (χ1) is 14.8. The summed E-state index contributed by atoms with van der Waals surface area (Å²) in [5.41, 5.74) is 4.36. The van der Waals surface area contributed by atoms with Gasteiger partial charge in [-0.1, -0.05) is 12.1 Å². The number of hydrogen-bond acceptors (Lipinski definition) is 4. The predicted molar refractivity (Wildman–Crippen MR) is 114 cm³/mol. The Hall–Kier alpha value is -3.13. The molecule has 1 N–H and O–H groups in total. The zero-order valence-electron chi connectivity index (χ0n) is 17.5. The molecule has 2 heterocycles. The number of hydrogen-bond donors (Lipinski definition) is 1. The van der Waals surface area contributed by atoms with Gasteiger partial charge < -0.3 is 10.2 Å². The van der Waals surface area contributed by atoms with Crippen LogP contribution in [-0.2, 0) is 13.6 Å². The Labute approximate surface area is 178 Å². The number of piperidine rings is 1. The van der Waals surface area contributed by atoms with Crippen LogP contribution < -0.4 is 5.32 Å². The minimum Gasteiger partial charge on any atom is -0.338 e. The van der Waals surface area contributed by atoms with Gasteiger partial charge in [0.15, 0.2) is 0 Å². The highest BCUT2D eigenvalue weighted by Gasteiger charge is 2.35. The number of amides is 1. The van der Waals surface area contributed by atoms with Gasteiger partial charge in [0.1, 0.15) is 12.0 Å². The second-order valence-corrected chi connectivity index (χ2v) is 7.91.